The third-order valence-electron chi connectivity index (χ3n) is 2.20. The van der Waals surface area contributed by atoms with Gasteiger partial charge >= 0.3 is 6.03 Å². The van der Waals surface area contributed by atoms with Crippen LogP contribution >= 0.6 is 0 Å². The molecule has 0 aliphatic heterocycles. The summed E-state index contributed by atoms with van der Waals surface area (Å²) in [5.41, 5.74) is 0. The summed E-state index contributed by atoms with van der Waals surface area (Å²) in [6.07, 6.45) is 0. The van der Waals surface area contributed by atoms with Crippen molar-refractivity contribution in [1.82, 2.24) is 16.0 Å². The Labute approximate surface area is 125 Å². The van der Waals surface area contributed by atoms with Crippen LogP contribution in [0.25, 0.3) is 0 Å². The molecule has 0 unspecified atom stereocenters. The Morgan fingerprint density at radius 1 is 0.950 bits per heavy atom. The molecule has 3 N–H and O–H groups in total. The van der Waals surface area contributed by atoms with Crippen molar-refractivity contribution < 1.29 is 23.3 Å². The maximum atomic E-state index is 11.3. The minimum absolute atomic E-state index is 0. The van der Waals surface area contributed by atoms with Crippen LogP contribution in [0, 0.1) is 5.92 Å². The Balaban J connectivity index is -0.000000602. The van der Waals surface area contributed by atoms with Gasteiger partial charge in [0.15, 0.2) is 0 Å². The average molecular weight is 295 g/mol. The molecule has 0 aromatic heterocycles. The average Bonchev–Trinajstić information content (AvgIpc) is 2.38. The van der Waals surface area contributed by atoms with Crippen molar-refractivity contribution in [2.24, 2.45) is 5.92 Å². The molecular weight excluding hydrogens is 262 g/mol. The van der Waals surface area contributed by atoms with Gasteiger partial charge in [-0.1, -0.05) is 13.8 Å². The number of hydrogen-bond donors (Lipinski definition) is 3. The molecule has 0 saturated carbocycles. The van der Waals surface area contributed by atoms with Crippen LogP contribution in [0.4, 0.5) is 4.79 Å². The van der Waals surface area contributed by atoms with Crippen molar-refractivity contribution in [2.75, 3.05) is 46.1 Å². The first-order valence-corrected chi connectivity index (χ1v) is 6.94. The summed E-state index contributed by atoms with van der Waals surface area (Å²) in [6.45, 7) is 9.03. The zero-order valence-corrected chi connectivity index (χ0v) is 12.7. The molecule has 0 aliphatic carbocycles. The van der Waals surface area contributed by atoms with Gasteiger partial charge in [0.25, 0.3) is 0 Å². The van der Waals surface area contributed by atoms with E-state index < -0.39 is 0 Å². The van der Waals surface area contributed by atoms with E-state index in [1.54, 1.807) is 0 Å². The summed E-state index contributed by atoms with van der Waals surface area (Å²) in [5, 5.41) is 8.08. The maximum Gasteiger partial charge on any atom is 0.314 e. The fourth-order valence-corrected chi connectivity index (χ4v) is 1.22. The van der Waals surface area contributed by atoms with Crippen molar-refractivity contribution in [3.8, 4) is 0 Å². The number of rotatable bonds is 11. The monoisotopic (exact) mass is 295 g/mol. The van der Waals surface area contributed by atoms with Crippen molar-refractivity contribution in [2.45, 2.75) is 20.8 Å². The molecule has 0 rings (SSSR count). The third kappa shape index (κ3) is 14.7. The summed E-state index contributed by atoms with van der Waals surface area (Å²) < 4.78 is 10.5. The molecule has 7 heteroatoms. The first kappa shape index (κ1) is 18.7. The second-order valence-corrected chi connectivity index (χ2v) is 4.74. The Kier molecular flexibility index (Phi) is 11.8. The van der Waals surface area contributed by atoms with Crippen LogP contribution in [0.3, 0.4) is 0 Å². The van der Waals surface area contributed by atoms with E-state index in [2.05, 4.69) is 16.0 Å². The lowest BCUT2D eigenvalue weighted by atomic mass is 10.2. The van der Waals surface area contributed by atoms with E-state index in [4.69, 9.17) is 9.47 Å². The van der Waals surface area contributed by atoms with E-state index >= 15 is 0 Å². The van der Waals surface area contributed by atoms with Crippen LogP contribution in [-0.2, 0) is 14.3 Å². The van der Waals surface area contributed by atoms with Crippen LogP contribution in [0.2, 0.25) is 0 Å². The van der Waals surface area contributed by atoms with Gasteiger partial charge in [-0.25, -0.2) is 4.79 Å². The summed E-state index contributed by atoms with van der Waals surface area (Å²) >= 11 is 0. The summed E-state index contributed by atoms with van der Waals surface area (Å²) in [6, 6.07) is -0.172. The standard InChI is InChI=1S/C13H27N3O4.3H2/c1-11(2)10-16-13(18)15-5-7-20-9-8-19-6-4-14-12(3)17;;;/h11H,4-10H2,1-3H3,(H,14,17)(H2,15,16,18);3*1H. The predicted octanol–water partition coefficient (Wildman–Crippen LogP) is 0.849. The molecule has 20 heavy (non-hydrogen) atoms. The normalized spacial score (nSPS) is 10.4. The van der Waals surface area contributed by atoms with Gasteiger partial charge in [0.2, 0.25) is 5.91 Å². The van der Waals surface area contributed by atoms with Crippen LogP contribution in [0.15, 0.2) is 0 Å². The highest BCUT2D eigenvalue weighted by atomic mass is 16.5. The lowest BCUT2D eigenvalue weighted by Gasteiger charge is -2.10. The molecule has 124 valence electrons. The van der Waals surface area contributed by atoms with Gasteiger partial charge in [-0.2, -0.15) is 0 Å². The molecular formula is C13H33N3O4. The Morgan fingerprint density at radius 2 is 1.50 bits per heavy atom. The number of carbonyl (C=O) groups excluding carboxylic acids is 2. The molecule has 0 radical (unpaired) electrons. The Morgan fingerprint density at radius 3 is 2.00 bits per heavy atom. The first-order chi connectivity index (χ1) is 9.52. The van der Waals surface area contributed by atoms with Gasteiger partial charge in [-0.3, -0.25) is 4.79 Å². The summed E-state index contributed by atoms with van der Waals surface area (Å²) in [5.74, 6) is 0.373. The zero-order chi connectivity index (χ0) is 15.2. The van der Waals surface area contributed by atoms with Gasteiger partial charge < -0.3 is 25.4 Å². The Bertz CT molecular complexity index is 285. The third-order valence-corrected chi connectivity index (χ3v) is 2.20. The highest BCUT2D eigenvalue weighted by molar-refractivity contribution is 5.73. The van der Waals surface area contributed by atoms with E-state index in [0.717, 1.165) is 0 Å². The molecule has 7 nitrogen and oxygen atoms in total. The second-order valence-electron chi connectivity index (χ2n) is 4.74. The minimum Gasteiger partial charge on any atom is -0.377 e. The van der Waals surface area contributed by atoms with Crippen LogP contribution in [0.5, 0.6) is 0 Å². The van der Waals surface area contributed by atoms with E-state index in [9.17, 15) is 9.59 Å². The van der Waals surface area contributed by atoms with Crippen molar-refractivity contribution in [3.63, 3.8) is 0 Å². The van der Waals surface area contributed by atoms with Gasteiger partial charge in [-0.05, 0) is 5.92 Å². The van der Waals surface area contributed by atoms with Crippen LogP contribution < -0.4 is 16.0 Å². The minimum atomic E-state index is -0.172. The lowest BCUT2D eigenvalue weighted by Crippen LogP contribution is -2.39. The quantitative estimate of drug-likeness (QED) is 0.493. The number of nitrogens with one attached hydrogen (secondary N) is 3. The SMILES string of the molecule is CC(=O)NCCOCCOCCNC(=O)NCC(C)C.[HH].[HH].[HH]. The predicted molar refractivity (Wildman–Crippen MR) is 82.9 cm³/mol. The maximum absolute atomic E-state index is 11.3. The van der Waals surface area contributed by atoms with E-state index in [1.165, 1.54) is 6.92 Å². The van der Waals surface area contributed by atoms with E-state index in [-0.39, 0.29) is 16.2 Å². The molecule has 0 heterocycles. The smallest absolute Gasteiger partial charge is 0.314 e. The molecule has 0 aromatic rings. The van der Waals surface area contributed by atoms with Crippen LogP contribution in [-0.4, -0.2) is 58.0 Å². The molecule has 0 fully saturated rings. The van der Waals surface area contributed by atoms with E-state index in [1.807, 2.05) is 13.8 Å². The molecule has 0 atom stereocenters. The van der Waals surface area contributed by atoms with E-state index in [0.29, 0.717) is 52.0 Å². The number of urea groups is 1. The first-order valence-electron chi connectivity index (χ1n) is 6.94. The van der Waals surface area contributed by atoms with Gasteiger partial charge in [-0.15, -0.1) is 0 Å². The highest BCUT2D eigenvalue weighted by Crippen LogP contribution is 1.86. The number of hydrogen-bond acceptors (Lipinski definition) is 4. The molecule has 0 bridgehead atoms. The fraction of sp³-hybridized carbons (Fsp3) is 0.846. The van der Waals surface area contributed by atoms with Gasteiger partial charge in [0, 0.05) is 30.8 Å². The molecule has 0 saturated heterocycles. The number of carbonyl (C=O) groups is 2. The fourth-order valence-electron chi connectivity index (χ4n) is 1.22. The molecule has 0 spiro atoms. The van der Waals surface area contributed by atoms with Gasteiger partial charge in [0.05, 0.1) is 26.4 Å². The summed E-state index contributed by atoms with van der Waals surface area (Å²) in [7, 11) is 0. The van der Waals surface area contributed by atoms with Crippen molar-refractivity contribution >= 4 is 11.9 Å². The molecule has 0 aliphatic rings. The largest absolute Gasteiger partial charge is 0.377 e. The number of ether oxygens (including phenoxy) is 2. The lowest BCUT2D eigenvalue weighted by molar-refractivity contribution is -0.119. The van der Waals surface area contributed by atoms with Crippen molar-refractivity contribution in [1.29, 1.82) is 0 Å². The topological polar surface area (TPSA) is 88.7 Å². The molecule has 0 aromatic carbocycles. The number of amides is 3. The second kappa shape index (κ2) is 12.7. The zero-order valence-electron chi connectivity index (χ0n) is 12.7. The Hall–Kier alpha value is -1.34. The van der Waals surface area contributed by atoms with Crippen molar-refractivity contribution in [3.05, 3.63) is 0 Å². The summed E-state index contributed by atoms with van der Waals surface area (Å²) in [4.78, 5) is 21.8. The molecule has 3 amide bonds. The van der Waals surface area contributed by atoms with Crippen LogP contribution in [0.1, 0.15) is 25.1 Å². The highest BCUT2D eigenvalue weighted by Gasteiger charge is 2.00. The van der Waals surface area contributed by atoms with Gasteiger partial charge in [0.1, 0.15) is 0 Å².